The van der Waals surface area contributed by atoms with Crippen LogP contribution in [0.1, 0.15) is 0 Å². The van der Waals surface area contributed by atoms with Crippen molar-refractivity contribution in [3.8, 4) is 28.2 Å². The molecule has 0 radical (unpaired) electrons. The van der Waals surface area contributed by atoms with Crippen LogP contribution in [0.15, 0.2) is 224 Å². The SMILES string of the molecule is c1ccc(-n2c3ccccc3c3cc(-c4cc5c6ccccc6n(-c6ccc7c8ccccc8c8ccccc8c7c6)c5cc4-n4c5ccccc5c5ccccc54)ccc32)cc1. The molecular formula is C60H37N3. The van der Waals surface area contributed by atoms with Gasteiger partial charge in [0.15, 0.2) is 0 Å². The summed E-state index contributed by atoms with van der Waals surface area (Å²) in [6, 6.07) is 82.9. The first-order valence-corrected chi connectivity index (χ1v) is 21.8. The Morgan fingerprint density at radius 2 is 0.619 bits per heavy atom. The molecule has 14 aromatic rings. The van der Waals surface area contributed by atoms with Gasteiger partial charge in [0.1, 0.15) is 0 Å². The van der Waals surface area contributed by atoms with Crippen LogP contribution in [0.5, 0.6) is 0 Å². The van der Waals surface area contributed by atoms with Gasteiger partial charge in [-0.05, 0) is 111 Å². The summed E-state index contributed by atoms with van der Waals surface area (Å²) < 4.78 is 7.39. The van der Waals surface area contributed by atoms with E-state index >= 15 is 0 Å². The molecule has 0 saturated carbocycles. The van der Waals surface area contributed by atoms with Crippen molar-refractivity contribution in [3.05, 3.63) is 224 Å². The van der Waals surface area contributed by atoms with Crippen molar-refractivity contribution in [2.75, 3.05) is 0 Å². The molecule has 292 valence electrons. The van der Waals surface area contributed by atoms with Crippen molar-refractivity contribution < 1.29 is 0 Å². The molecule has 0 aliphatic rings. The lowest BCUT2D eigenvalue weighted by molar-refractivity contribution is 1.16. The normalized spacial score (nSPS) is 12.1. The Balaban J connectivity index is 1.10. The van der Waals surface area contributed by atoms with Crippen molar-refractivity contribution in [2.45, 2.75) is 0 Å². The van der Waals surface area contributed by atoms with Gasteiger partial charge in [0.25, 0.3) is 0 Å². The number of nitrogens with zero attached hydrogens (tertiary/aromatic N) is 3. The van der Waals surface area contributed by atoms with E-state index in [1.165, 1.54) is 109 Å². The topological polar surface area (TPSA) is 14.8 Å². The molecule has 3 heteroatoms. The van der Waals surface area contributed by atoms with Crippen LogP contribution in [0.25, 0.3) is 126 Å². The lowest BCUT2D eigenvalue weighted by atomic mass is 9.94. The van der Waals surface area contributed by atoms with E-state index < -0.39 is 0 Å². The fourth-order valence-electron chi connectivity index (χ4n) is 10.9. The minimum absolute atomic E-state index is 1.14. The average molecular weight is 800 g/mol. The molecule has 0 N–H and O–H groups in total. The van der Waals surface area contributed by atoms with E-state index in [9.17, 15) is 0 Å². The maximum Gasteiger partial charge on any atom is 0.0562 e. The third-order valence-electron chi connectivity index (χ3n) is 13.6. The molecule has 3 heterocycles. The average Bonchev–Trinajstić information content (AvgIpc) is 3.99. The standard InChI is InChI=1S/C60H37N3/c1-2-16-39(17-3-1)61-54-26-12-10-24-48(54)52-34-38(30-33-58(52)61)50-36-53-49-25-11-13-27-55(49)62(60(53)37-59(50)63-56-28-14-8-22-46(56)47-23-9-15-29-57(47)63)40-31-32-45-43-20-5-4-18-41(43)42-19-6-7-21-44(42)51(45)35-40/h1-37H. The van der Waals surface area contributed by atoms with Crippen LogP contribution in [0.2, 0.25) is 0 Å². The summed E-state index contributed by atoms with van der Waals surface area (Å²) >= 11 is 0. The summed E-state index contributed by atoms with van der Waals surface area (Å²) in [5.41, 5.74) is 12.9. The highest BCUT2D eigenvalue weighted by Gasteiger charge is 2.22. The van der Waals surface area contributed by atoms with Gasteiger partial charge in [0, 0.05) is 49.3 Å². The smallest absolute Gasteiger partial charge is 0.0562 e. The quantitative estimate of drug-likeness (QED) is 0.158. The van der Waals surface area contributed by atoms with Gasteiger partial charge in [0.05, 0.1) is 38.8 Å². The van der Waals surface area contributed by atoms with Crippen molar-refractivity contribution >= 4 is 97.7 Å². The number of fused-ring (bicyclic) bond motifs is 15. The summed E-state index contributed by atoms with van der Waals surface area (Å²) in [7, 11) is 0. The molecule has 0 saturated heterocycles. The van der Waals surface area contributed by atoms with Crippen molar-refractivity contribution in [2.24, 2.45) is 0 Å². The van der Waals surface area contributed by atoms with Gasteiger partial charge in [-0.3, -0.25) is 0 Å². The Hall–Kier alpha value is -8.40. The molecule has 0 spiro atoms. The van der Waals surface area contributed by atoms with Gasteiger partial charge in [-0.1, -0.05) is 152 Å². The second kappa shape index (κ2) is 13.1. The fourth-order valence-corrected chi connectivity index (χ4v) is 10.9. The largest absolute Gasteiger partial charge is 0.309 e. The minimum atomic E-state index is 1.14. The number of rotatable bonds is 4. The first kappa shape index (κ1) is 34.3. The number of hydrogen-bond acceptors (Lipinski definition) is 0. The predicted molar refractivity (Wildman–Crippen MR) is 267 cm³/mol. The van der Waals surface area contributed by atoms with E-state index in [0.717, 1.165) is 17.1 Å². The van der Waals surface area contributed by atoms with E-state index in [1.54, 1.807) is 0 Å². The molecular weight excluding hydrogens is 763 g/mol. The maximum absolute atomic E-state index is 2.50. The van der Waals surface area contributed by atoms with Crippen LogP contribution in [0.4, 0.5) is 0 Å². The van der Waals surface area contributed by atoms with E-state index in [0.29, 0.717) is 0 Å². The molecule has 0 atom stereocenters. The highest BCUT2D eigenvalue weighted by molar-refractivity contribution is 6.26. The zero-order valence-corrected chi connectivity index (χ0v) is 34.2. The zero-order chi connectivity index (χ0) is 41.2. The van der Waals surface area contributed by atoms with E-state index in [-0.39, 0.29) is 0 Å². The van der Waals surface area contributed by atoms with Gasteiger partial charge in [-0.25, -0.2) is 0 Å². The zero-order valence-electron chi connectivity index (χ0n) is 34.2. The molecule has 0 fully saturated rings. The molecule has 3 nitrogen and oxygen atoms in total. The Bertz CT molecular complexity index is 4110. The Morgan fingerprint density at radius 3 is 1.19 bits per heavy atom. The molecule has 0 amide bonds. The molecule has 0 unspecified atom stereocenters. The van der Waals surface area contributed by atoms with Gasteiger partial charge in [-0.15, -0.1) is 0 Å². The summed E-state index contributed by atoms with van der Waals surface area (Å²) in [6.45, 7) is 0. The monoisotopic (exact) mass is 799 g/mol. The summed E-state index contributed by atoms with van der Waals surface area (Å²) in [5.74, 6) is 0. The molecule has 63 heavy (non-hydrogen) atoms. The highest BCUT2D eigenvalue weighted by Crippen LogP contribution is 2.44. The number of hydrogen-bond donors (Lipinski definition) is 0. The number of para-hydroxylation sites is 5. The Morgan fingerprint density at radius 1 is 0.206 bits per heavy atom. The first-order valence-electron chi connectivity index (χ1n) is 21.8. The number of aromatic nitrogens is 3. The molecule has 0 bridgehead atoms. The van der Waals surface area contributed by atoms with Gasteiger partial charge < -0.3 is 13.7 Å². The van der Waals surface area contributed by atoms with E-state index in [1.807, 2.05) is 0 Å². The summed E-state index contributed by atoms with van der Waals surface area (Å²) in [4.78, 5) is 0. The Labute approximate surface area is 362 Å². The van der Waals surface area contributed by atoms with Gasteiger partial charge in [0.2, 0.25) is 0 Å². The summed E-state index contributed by atoms with van der Waals surface area (Å²) in [5, 5.41) is 15.1. The third kappa shape index (κ3) is 4.85. The molecule has 0 aliphatic carbocycles. The van der Waals surface area contributed by atoms with Crippen LogP contribution >= 0.6 is 0 Å². The molecule has 14 rings (SSSR count). The Kier molecular flexibility index (Phi) is 7.11. The number of benzene rings is 11. The van der Waals surface area contributed by atoms with Crippen LogP contribution in [0, 0.1) is 0 Å². The molecule has 0 aliphatic heterocycles. The first-order chi connectivity index (χ1) is 31.3. The van der Waals surface area contributed by atoms with E-state index in [2.05, 4.69) is 238 Å². The fraction of sp³-hybridized carbons (Fsp3) is 0. The van der Waals surface area contributed by atoms with Crippen LogP contribution in [-0.4, -0.2) is 13.7 Å². The van der Waals surface area contributed by atoms with Crippen molar-refractivity contribution in [3.63, 3.8) is 0 Å². The lowest BCUT2D eigenvalue weighted by Crippen LogP contribution is -2.00. The third-order valence-corrected chi connectivity index (χ3v) is 13.6. The van der Waals surface area contributed by atoms with Crippen LogP contribution in [0.3, 0.4) is 0 Å². The summed E-state index contributed by atoms with van der Waals surface area (Å²) in [6.07, 6.45) is 0. The lowest BCUT2D eigenvalue weighted by Gasteiger charge is -2.17. The van der Waals surface area contributed by atoms with Gasteiger partial charge in [-0.2, -0.15) is 0 Å². The molecule has 11 aromatic carbocycles. The van der Waals surface area contributed by atoms with Crippen molar-refractivity contribution in [1.29, 1.82) is 0 Å². The minimum Gasteiger partial charge on any atom is -0.309 e. The second-order valence-corrected chi connectivity index (χ2v) is 16.8. The van der Waals surface area contributed by atoms with Crippen molar-refractivity contribution in [1.82, 2.24) is 13.7 Å². The van der Waals surface area contributed by atoms with E-state index in [4.69, 9.17) is 0 Å². The maximum atomic E-state index is 2.50. The highest BCUT2D eigenvalue weighted by atomic mass is 15.0. The predicted octanol–water partition coefficient (Wildman–Crippen LogP) is 16.1. The van der Waals surface area contributed by atoms with Crippen LogP contribution < -0.4 is 0 Å². The molecule has 3 aromatic heterocycles. The second-order valence-electron chi connectivity index (χ2n) is 16.8. The van der Waals surface area contributed by atoms with Gasteiger partial charge >= 0.3 is 0 Å². The van der Waals surface area contributed by atoms with Crippen LogP contribution in [-0.2, 0) is 0 Å².